The third kappa shape index (κ3) is 4.80. The van der Waals surface area contributed by atoms with Gasteiger partial charge in [-0.3, -0.25) is 9.59 Å². The predicted molar refractivity (Wildman–Crippen MR) is 119 cm³/mol. The summed E-state index contributed by atoms with van der Waals surface area (Å²) in [5.41, 5.74) is 1.38. The minimum absolute atomic E-state index is 0.0729. The highest BCUT2D eigenvalue weighted by Gasteiger charge is 2.44. The van der Waals surface area contributed by atoms with Gasteiger partial charge in [0.05, 0.1) is 40.4 Å². The number of amides is 1. The van der Waals surface area contributed by atoms with Gasteiger partial charge in [-0.1, -0.05) is 26.0 Å². The maximum Gasteiger partial charge on any atom is 0.290 e. The molecular weight excluding hydrogens is 416 g/mol. The van der Waals surface area contributed by atoms with Gasteiger partial charge < -0.3 is 19.5 Å². The molecule has 1 N–H and O–H groups in total. The van der Waals surface area contributed by atoms with Gasteiger partial charge in [0, 0.05) is 13.7 Å². The van der Waals surface area contributed by atoms with Crippen molar-refractivity contribution in [2.75, 3.05) is 26.9 Å². The highest BCUT2D eigenvalue weighted by Crippen LogP contribution is 2.40. The third-order valence-corrected chi connectivity index (χ3v) is 6.05. The fourth-order valence-corrected chi connectivity index (χ4v) is 4.40. The second-order valence-electron chi connectivity index (χ2n) is 7.91. The van der Waals surface area contributed by atoms with E-state index in [-0.39, 0.29) is 24.5 Å². The van der Waals surface area contributed by atoms with Crippen LogP contribution in [0.3, 0.4) is 0 Å². The minimum atomic E-state index is -0.712. The summed E-state index contributed by atoms with van der Waals surface area (Å²) < 4.78 is 10.9. The fourth-order valence-electron chi connectivity index (χ4n) is 3.53. The zero-order valence-corrected chi connectivity index (χ0v) is 19.3. The number of methoxy groups -OCH3 is 1. The number of carbonyl (C=O) groups is 2. The first-order valence-electron chi connectivity index (χ1n) is 10.2. The first-order valence-corrected chi connectivity index (χ1v) is 11.0. The van der Waals surface area contributed by atoms with Crippen LogP contribution in [0.2, 0.25) is 0 Å². The van der Waals surface area contributed by atoms with Crippen molar-refractivity contribution >= 4 is 23.0 Å². The van der Waals surface area contributed by atoms with Crippen LogP contribution in [0.25, 0.3) is 0 Å². The summed E-state index contributed by atoms with van der Waals surface area (Å²) in [5, 5.41) is 11.4. The second kappa shape index (κ2) is 9.62. The van der Waals surface area contributed by atoms with E-state index in [1.165, 1.54) is 16.2 Å². The summed E-state index contributed by atoms with van der Waals surface area (Å²) in [4.78, 5) is 32.5. The van der Waals surface area contributed by atoms with Crippen molar-refractivity contribution in [3.05, 3.63) is 56.7 Å². The maximum absolute atomic E-state index is 13.4. The Bertz CT molecular complexity index is 994. The molecule has 166 valence electrons. The molecule has 8 heteroatoms. The normalized spacial score (nSPS) is 16.5. The van der Waals surface area contributed by atoms with Crippen LogP contribution in [0.15, 0.2) is 35.6 Å². The van der Waals surface area contributed by atoms with Crippen molar-refractivity contribution in [1.29, 1.82) is 0 Å². The van der Waals surface area contributed by atoms with Crippen molar-refractivity contribution in [1.82, 2.24) is 9.88 Å². The number of aliphatic hydroxyl groups is 1. The quantitative estimate of drug-likeness (QED) is 0.588. The topological polar surface area (TPSA) is 89.0 Å². The summed E-state index contributed by atoms with van der Waals surface area (Å²) in [6, 6.07) is 6.57. The molecule has 1 atom stereocenters. The standard InChI is InChI=1S/C23H28N2O5S/c1-13(2)12-30-17-8-6-16(7-9-17)19-18(20(26)22-14(3)24-15(4)31-22)21(27)23(28)25(19)10-11-29-5/h6-9,13,19,27H,10-12H2,1-5H3. The molecule has 7 nitrogen and oxygen atoms in total. The number of carbonyl (C=O) groups excluding carboxylic acids is 2. The van der Waals surface area contributed by atoms with E-state index in [0.717, 1.165) is 5.01 Å². The molecule has 0 spiro atoms. The molecule has 1 aliphatic heterocycles. The molecule has 1 aromatic carbocycles. The van der Waals surface area contributed by atoms with Crippen LogP contribution in [0, 0.1) is 19.8 Å². The number of aliphatic hydroxyl groups excluding tert-OH is 1. The number of thiazole rings is 1. The molecule has 0 radical (unpaired) electrons. The molecule has 1 unspecified atom stereocenters. The largest absolute Gasteiger partial charge is 0.503 e. The van der Waals surface area contributed by atoms with E-state index in [4.69, 9.17) is 9.47 Å². The molecule has 2 heterocycles. The van der Waals surface area contributed by atoms with E-state index in [1.54, 1.807) is 14.0 Å². The smallest absolute Gasteiger partial charge is 0.290 e. The highest BCUT2D eigenvalue weighted by atomic mass is 32.1. The van der Waals surface area contributed by atoms with Crippen LogP contribution in [-0.4, -0.2) is 53.5 Å². The zero-order chi connectivity index (χ0) is 22.7. The molecule has 31 heavy (non-hydrogen) atoms. The van der Waals surface area contributed by atoms with Crippen LogP contribution < -0.4 is 4.74 Å². The van der Waals surface area contributed by atoms with Crippen molar-refractivity contribution in [3.63, 3.8) is 0 Å². The number of hydrogen-bond donors (Lipinski definition) is 1. The van der Waals surface area contributed by atoms with Gasteiger partial charge in [-0.25, -0.2) is 4.98 Å². The number of Topliss-reactive ketones (excluding diaryl/α,β-unsaturated/α-hetero) is 1. The molecule has 1 aromatic heterocycles. The molecule has 3 rings (SSSR count). The number of ether oxygens (including phenoxy) is 2. The Hall–Kier alpha value is -2.71. The van der Waals surface area contributed by atoms with Gasteiger partial charge in [-0.15, -0.1) is 11.3 Å². The number of rotatable bonds is 9. The minimum Gasteiger partial charge on any atom is -0.503 e. The summed E-state index contributed by atoms with van der Waals surface area (Å²) in [7, 11) is 1.54. The van der Waals surface area contributed by atoms with Crippen LogP contribution in [0.4, 0.5) is 0 Å². The molecule has 0 fully saturated rings. The fraction of sp³-hybridized carbons (Fsp3) is 0.435. The van der Waals surface area contributed by atoms with Gasteiger partial charge in [-0.05, 0) is 37.5 Å². The first-order chi connectivity index (χ1) is 14.7. The Morgan fingerprint density at radius 2 is 1.94 bits per heavy atom. The number of aromatic nitrogens is 1. The molecule has 1 aliphatic rings. The average molecular weight is 445 g/mol. The van der Waals surface area contributed by atoms with E-state index in [0.29, 0.717) is 34.4 Å². The lowest BCUT2D eigenvalue weighted by Gasteiger charge is -2.26. The van der Waals surface area contributed by atoms with Crippen molar-refractivity contribution < 1.29 is 24.2 Å². The first kappa shape index (κ1) is 23.0. The zero-order valence-electron chi connectivity index (χ0n) is 18.5. The van der Waals surface area contributed by atoms with Crippen molar-refractivity contribution in [3.8, 4) is 5.75 Å². The van der Waals surface area contributed by atoms with E-state index >= 15 is 0 Å². The van der Waals surface area contributed by atoms with Crippen LogP contribution in [0.5, 0.6) is 5.75 Å². The number of benzene rings is 1. The molecule has 2 aromatic rings. The maximum atomic E-state index is 13.4. The lowest BCUT2D eigenvalue weighted by molar-refractivity contribution is -0.130. The third-order valence-electron chi connectivity index (χ3n) is 4.97. The Morgan fingerprint density at radius 3 is 2.48 bits per heavy atom. The Kier molecular flexibility index (Phi) is 7.12. The van der Waals surface area contributed by atoms with Gasteiger partial charge in [0.2, 0.25) is 5.78 Å². The summed E-state index contributed by atoms with van der Waals surface area (Å²) >= 11 is 1.26. The van der Waals surface area contributed by atoms with Crippen molar-refractivity contribution in [2.45, 2.75) is 33.7 Å². The van der Waals surface area contributed by atoms with Gasteiger partial charge in [0.1, 0.15) is 5.75 Å². The average Bonchev–Trinajstić information content (AvgIpc) is 3.20. The Morgan fingerprint density at radius 1 is 1.26 bits per heavy atom. The van der Waals surface area contributed by atoms with Gasteiger partial charge in [-0.2, -0.15) is 0 Å². The van der Waals surface area contributed by atoms with E-state index < -0.39 is 17.7 Å². The molecule has 1 amide bonds. The summed E-state index contributed by atoms with van der Waals surface area (Å²) in [6.45, 7) is 8.83. The molecule has 0 saturated carbocycles. The number of hydrogen-bond acceptors (Lipinski definition) is 7. The highest BCUT2D eigenvalue weighted by molar-refractivity contribution is 7.14. The van der Waals surface area contributed by atoms with E-state index in [1.807, 2.05) is 31.2 Å². The Balaban J connectivity index is 2.00. The summed E-state index contributed by atoms with van der Waals surface area (Å²) in [6.07, 6.45) is 0. The number of nitrogens with zero attached hydrogens (tertiary/aromatic N) is 2. The molecule has 0 saturated heterocycles. The van der Waals surface area contributed by atoms with Crippen LogP contribution >= 0.6 is 11.3 Å². The van der Waals surface area contributed by atoms with Crippen LogP contribution in [-0.2, 0) is 9.53 Å². The summed E-state index contributed by atoms with van der Waals surface area (Å²) in [5.74, 6) is -0.368. The molecular formula is C23H28N2O5S. The monoisotopic (exact) mass is 444 g/mol. The van der Waals surface area contributed by atoms with Gasteiger partial charge >= 0.3 is 0 Å². The SMILES string of the molecule is COCCN1C(=O)C(O)=C(C(=O)c2sc(C)nc2C)C1c1ccc(OCC(C)C)cc1. The lowest BCUT2D eigenvalue weighted by atomic mass is 9.95. The Labute approximate surface area is 186 Å². The van der Waals surface area contributed by atoms with Crippen molar-refractivity contribution in [2.24, 2.45) is 5.92 Å². The van der Waals surface area contributed by atoms with Gasteiger partial charge in [0.25, 0.3) is 5.91 Å². The number of ketones is 1. The molecule has 0 aliphatic carbocycles. The van der Waals surface area contributed by atoms with Gasteiger partial charge in [0.15, 0.2) is 5.76 Å². The number of aryl methyl sites for hydroxylation is 2. The molecule has 0 bridgehead atoms. The predicted octanol–water partition coefficient (Wildman–Crippen LogP) is 4.02. The van der Waals surface area contributed by atoms with E-state index in [2.05, 4.69) is 18.8 Å². The lowest BCUT2D eigenvalue weighted by Crippen LogP contribution is -2.34. The van der Waals surface area contributed by atoms with Crippen LogP contribution in [0.1, 0.15) is 45.8 Å². The second-order valence-corrected chi connectivity index (χ2v) is 9.11. The van der Waals surface area contributed by atoms with E-state index in [9.17, 15) is 14.7 Å².